The largest absolute Gasteiger partial charge is 0.385 e. The molecule has 0 bridgehead atoms. The molecular formula is C30H29FN4O2. The molecule has 1 aliphatic heterocycles. The van der Waals surface area contributed by atoms with Crippen LogP contribution in [0.2, 0.25) is 0 Å². The second-order valence-corrected chi connectivity index (χ2v) is 8.88. The molecule has 0 saturated carbocycles. The van der Waals surface area contributed by atoms with Crippen LogP contribution in [0, 0.1) is 5.82 Å². The maximum absolute atomic E-state index is 13.3. The number of pyridine rings is 2. The second-order valence-electron chi connectivity index (χ2n) is 8.88. The smallest absolute Gasteiger partial charge is 0.251 e. The van der Waals surface area contributed by atoms with Crippen LogP contribution < -0.4 is 5.32 Å². The third-order valence-corrected chi connectivity index (χ3v) is 6.13. The molecular weight excluding hydrogens is 467 g/mol. The Balaban J connectivity index is 1.62. The monoisotopic (exact) mass is 496 g/mol. The lowest BCUT2D eigenvalue weighted by molar-refractivity contribution is 0.0826. The lowest BCUT2D eigenvalue weighted by Gasteiger charge is -2.15. The van der Waals surface area contributed by atoms with Gasteiger partial charge in [0.05, 0.1) is 29.3 Å². The Morgan fingerprint density at radius 2 is 1.97 bits per heavy atom. The molecule has 1 unspecified atom stereocenters. The van der Waals surface area contributed by atoms with Gasteiger partial charge >= 0.3 is 0 Å². The van der Waals surface area contributed by atoms with Crippen LogP contribution in [0.15, 0.2) is 96.5 Å². The quantitative estimate of drug-likeness (QED) is 0.361. The number of carbonyl (C=O) groups is 1. The van der Waals surface area contributed by atoms with Crippen LogP contribution >= 0.6 is 0 Å². The first kappa shape index (κ1) is 25.7. The number of hydrogen-bond donors (Lipinski definition) is 1. The van der Waals surface area contributed by atoms with E-state index in [1.165, 1.54) is 6.07 Å². The van der Waals surface area contributed by atoms with Gasteiger partial charge in [-0.1, -0.05) is 41.6 Å². The van der Waals surface area contributed by atoms with E-state index in [1.54, 1.807) is 31.3 Å². The summed E-state index contributed by atoms with van der Waals surface area (Å²) >= 11 is 0. The minimum atomic E-state index is -0.428. The number of allylic oxidation sites excluding steroid dienone is 5. The zero-order chi connectivity index (χ0) is 26.4. The summed E-state index contributed by atoms with van der Waals surface area (Å²) in [6.07, 6.45) is 9.00. The van der Waals surface area contributed by atoms with Crippen LogP contribution in [0.5, 0.6) is 0 Å². The maximum Gasteiger partial charge on any atom is 0.251 e. The molecule has 7 heteroatoms. The Hall–Kier alpha value is -4.39. The molecule has 1 N–H and O–H groups in total. The highest BCUT2D eigenvalue weighted by Gasteiger charge is 2.26. The standard InChI is InChI=1S/C30H29FN4O2/c1-5-19(2)9-10-20(3)22-14-23(28-17-29(37-35-28)27-8-6-7-13-32-27)16-24(15-22)30(36)34-21(4)26-12-11-25(31)18-33-26/h5-16,18,21,29H,3,17H2,1-2,4H3,(H,34,36)/b10-9-,19-5-/t21-,29?/m1/s1. The number of nitrogens with one attached hydrogen (secondary N) is 1. The van der Waals surface area contributed by atoms with Gasteiger partial charge in [-0.3, -0.25) is 14.8 Å². The molecule has 6 nitrogen and oxygen atoms in total. The van der Waals surface area contributed by atoms with Gasteiger partial charge in [0.15, 0.2) is 6.10 Å². The summed E-state index contributed by atoms with van der Waals surface area (Å²) in [5.41, 5.74) is 5.94. The van der Waals surface area contributed by atoms with E-state index in [1.807, 2.05) is 56.3 Å². The number of rotatable bonds is 8. The average molecular weight is 497 g/mol. The number of benzene rings is 1. The van der Waals surface area contributed by atoms with Crippen LogP contribution in [-0.2, 0) is 4.84 Å². The van der Waals surface area contributed by atoms with Crippen LogP contribution in [0.1, 0.15) is 72.2 Å². The first-order valence-electron chi connectivity index (χ1n) is 12.1. The molecule has 0 fully saturated rings. The first-order chi connectivity index (χ1) is 17.8. The normalized spacial score (nSPS) is 16.3. The number of halogens is 1. The van der Waals surface area contributed by atoms with Crippen molar-refractivity contribution in [1.29, 1.82) is 0 Å². The minimum absolute atomic E-state index is 0.288. The lowest BCUT2D eigenvalue weighted by Crippen LogP contribution is -2.27. The molecule has 0 aliphatic carbocycles. The van der Waals surface area contributed by atoms with Gasteiger partial charge in [0, 0.05) is 23.7 Å². The van der Waals surface area contributed by atoms with Crippen molar-refractivity contribution in [2.45, 2.75) is 39.3 Å². The number of amides is 1. The molecule has 2 aromatic heterocycles. The summed E-state index contributed by atoms with van der Waals surface area (Å²) in [6.45, 7) is 9.99. The van der Waals surface area contributed by atoms with Crippen LogP contribution in [0.25, 0.3) is 5.57 Å². The minimum Gasteiger partial charge on any atom is -0.385 e. The predicted octanol–water partition coefficient (Wildman–Crippen LogP) is 6.51. The second kappa shape index (κ2) is 11.6. The van der Waals surface area contributed by atoms with Crippen molar-refractivity contribution >= 4 is 17.2 Å². The Kier molecular flexibility index (Phi) is 8.03. The molecule has 3 heterocycles. The van der Waals surface area contributed by atoms with E-state index in [9.17, 15) is 9.18 Å². The lowest BCUT2D eigenvalue weighted by atomic mass is 9.95. The number of nitrogens with zero attached hydrogens (tertiary/aromatic N) is 3. The van der Waals surface area contributed by atoms with E-state index in [0.717, 1.165) is 39.9 Å². The maximum atomic E-state index is 13.3. The molecule has 1 aliphatic rings. The van der Waals surface area contributed by atoms with E-state index < -0.39 is 11.9 Å². The first-order valence-corrected chi connectivity index (χ1v) is 12.1. The Morgan fingerprint density at radius 3 is 2.68 bits per heavy atom. The number of carbonyl (C=O) groups excluding carboxylic acids is 1. The van der Waals surface area contributed by atoms with Crippen molar-refractivity contribution in [2.75, 3.05) is 0 Å². The van der Waals surface area contributed by atoms with Gasteiger partial charge in [-0.15, -0.1) is 0 Å². The molecule has 37 heavy (non-hydrogen) atoms. The Bertz CT molecular complexity index is 1380. The molecule has 1 amide bonds. The van der Waals surface area contributed by atoms with Gasteiger partial charge in [0.2, 0.25) is 0 Å². The molecule has 4 rings (SSSR count). The average Bonchev–Trinajstić information content (AvgIpc) is 3.42. The topological polar surface area (TPSA) is 76.5 Å². The van der Waals surface area contributed by atoms with E-state index >= 15 is 0 Å². The Morgan fingerprint density at radius 1 is 1.16 bits per heavy atom. The van der Waals surface area contributed by atoms with E-state index in [-0.39, 0.29) is 12.0 Å². The molecule has 0 spiro atoms. The van der Waals surface area contributed by atoms with Gasteiger partial charge < -0.3 is 10.2 Å². The highest BCUT2D eigenvalue weighted by molar-refractivity contribution is 6.05. The van der Waals surface area contributed by atoms with Crippen molar-refractivity contribution in [3.63, 3.8) is 0 Å². The summed E-state index contributed by atoms with van der Waals surface area (Å²) in [5.74, 6) is -0.716. The van der Waals surface area contributed by atoms with Crippen molar-refractivity contribution < 1.29 is 14.0 Å². The van der Waals surface area contributed by atoms with Gasteiger partial charge in [0.25, 0.3) is 5.91 Å². The fraction of sp³-hybridized carbons (Fsp3) is 0.200. The number of aromatic nitrogens is 2. The van der Waals surface area contributed by atoms with Crippen molar-refractivity contribution in [3.05, 3.63) is 125 Å². The molecule has 1 aromatic carbocycles. The zero-order valence-electron chi connectivity index (χ0n) is 21.1. The molecule has 188 valence electrons. The number of oxime groups is 1. The third kappa shape index (κ3) is 6.44. The van der Waals surface area contributed by atoms with E-state index in [0.29, 0.717) is 17.7 Å². The van der Waals surface area contributed by atoms with Crippen LogP contribution in [-0.4, -0.2) is 21.6 Å². The highest BCUT2D eigenvalue weighted by Crippen LogP contribution is 2.30. The molecule has 3 aromatic rings. The molecule has 0 radical (unpaired) electrons. The highest BCUT2D eigenvalue weighted by atomic mass is 19.1. The van der Waals surface area contributed by atoms with E-state index in [2.05, 4.69) is 27.0 Å². The van der Waals surface area contributed by atoms with Crippen molar-refractivity contribution in [3.8, 4) is 0 Å². The number of hydrogen-bond acceptors (Lipinski definition) is 5. The molecule has 0 saturated heterocycles. The van der Waals surface area contributed by atoms with Crippen molar-refractivity contribution in [1.82, 2.24) is 15.3 Å². The fourth-order valence-corrected chi connectivity index (χ4v) is 3.81. The van der Waals surface area contributed by atoms with E-state index in [4.69, 9.17) is 4.84 Å². The summed E-state index contributed by atoms with van der Waals surface area (Å²) in [6, 6.07) is 13.7. The van der Waals surface area contributed by atoms with Gasteiger partial charge in [-0.05, 0) is 74.4 Å². The third-order valence-electron chi connectivity index (χ3n) is 6.13. The van der Waals surface area contributed by atoms with Gasteiger partial charge in [-0.25, -0.2) is 4.39 Å². The summed E-state index contributed by atoms with van der Waals surface area (Å²) in [4.78, 5) is 27.4. The van der Waals surface area contributed by atoms with Crippen molar-refractivity contribution in [2.24, 2.45) is 5.16 Å². The fourth-order valence-electron chi connectivity index (χ4n) is 3.81. The SMILES string of the molecule is C=C(/C=C\C(C)=C/C)c1cc(C(=O)N[C@H](C)c2ccc(F)cn2)cc(C2=NOC(c3ccccn3)C2)c1. The van der Waals surface area contributed by atoms with Crippen LogP contribution in [0.4, 0.5) is 4.39 Å². The summed E-state index contributed by atoms with van der Waals surface area (Å²) in [5, 5.41) is 7.26. The predicted molar refractivity (Wildman–Crippen MR) is 143 cm³/mol. The van der Waals surface area contributed by atoms with Gasteiger partial charge in [0.1, 0.15) is 5.82 Å². The van der Waals surface area contributed by atoms with Gasteiger partial charge in [-0.2, -0.15) is 0 Å². The molecule has 2 atom stereocenters. The Labute approximate surface area is 216 Å². The zero-order valence-corrected chi connectivity index (χ0v) is 21.1. The van der Waals surface area contributed by atoms with Crippen LogP contribution in [0.3, 0.4) is 0 Å². The summed E-state index contributed by atoms with van der Waals surface area (Å²) < 4.78 is 13.3. The summed E-state index contributed by atoms with van der Waals surface area (Å²) in [7, 11) is 0.